The Balaban J connectivity index is 2.33. The van der Waals surface area contributed by atoms with E-state index >= 15 is 0 Å². The number of carbonyl (C=O) groups is 1. The molecular weight excluding hydrogens is 234 g/mol. The summed E-state index contributed by atoms with van der Waals surface area (Å²) >= 11 is 0. The predicted octanol–water partition coefficient (Wildman–Crippen LogP) is 1.38. The van der Waals surface area contributed by atoms with Gasteiger partial charge in [0, 0.05) is 13.7 Å². The molecule has 18 heavy (non-hydrogen) atoms. The van der Waals surface area contributed by atoms with Crippen molar-refractivity contribution in [2.24, 2.45) is 0 Å². The van der Waals surface area contributed by atoms with Crippen LogP contribution in [0, 0.1) is 0 Å². The van der Waals surface area contributed by atoms with Gasteiger partial charge in [-0.2, -0.15) is 0 Å². The summed E-state index contributed by atoms with van der Waals surface area (Å²) < 4.78 is 10.6. The third-order valence-corrected chi connectivity index (χ3v) is 2.96. The first-order valence-electron chi connectivity index (χ1n) is 5.94. The van der Waals surface area contributed by atoms with Gasteiger partial charge in [-0.15, -0.1) is 0 Å². The van der Waals surface area contributed by atoms with E-state index in [-0.39, 0.29) is 6.61 Å². The minimum atomic E-state index is -0.881. The second-order valence-electron chi connectivity index (χ2n) is 4.17. The van der Waals surface area contributed by atoms with Crippen molar-refractivity contribution in [2.45, 2.75) is 12.5 Å². The Morgan fingerprint density at radius 3 is 3.06 bits per heavy atom. The molecule has 2 rings (SSSR count). The Labute approximate surface area is 106 Å². The fourth-order valence-corrected chi connectivity index (χ4v) is 2.13. The van der Waals surface area contributed by atoms with Gasteiger partial charge in [0.25, 0.3) is 0 Å². The fourth-order valence-electron chi connectivity index (χ4n) is 2.13. The van der Waals surface area contributed by atoms with Gasteiger partial charge in [-0.3, -0.25) is 0 Å². The molecular formula is C13H17NO4. The lowest BCUT2D eigenvalue weighted by atomic mass is 10.2. The maximum absolute atomic E-state index is 11.3. The highest BCUT2D eigenvalue weighted by molar-refractivity contribution is 5.79. The zero-order valence-electron chi connectivity index (χ0n) is 10.3. The number of nitrogens with zero attached hydrogens (tertiary/aromatic N) is 1. The number of anilines is 1. The lowest BCUT2D eigenvalue weighted by molar-refractivity contribution is -0.139. The van der Waals surface area contributed by atoms with E-state index in [0.29, 0.717) is 13.2 Å². The number of carboxylic acids is 1. The SMILES string of the molecule is COCC(C(=O)O)N1CCCOc2ccccc21. The van der Waals surface area contributed by atoms with Crippen molar-refractivity contribution < 1.29 is 19.4 Å². The molecule has 5 nitrogen and oxygen atoms in total. The lowest BCUT2D eigenvalue weighted by Gasteiger charge is -2.29. The number of fused-ring (bicyclic) bond motifs is 1. The average molecular weight is 251 g/mol. The minimum absolute atomic E-state index is 0.156. The van der Waals surface area contributed by atoms with Gasteiger partial charge in [-0.1, -0.05) is 12.1 Å². The van der Waals surface area contributed by atoms with Gasteiger partial charge >= 0.3 is 5.97 Å². The van der Waals surface area contributed by atoms with Gasteiger partial charge in [-0.05, 0) is 18.6 Å². The minimum Gasteiger partial charge on any atom is -0.491 e. The summed E-state index contributed by atoms with van der Waals surface area (Å²) in [5, 5.41) is 9.31. The molecule has 1 aliphatic heterocycles. The molecule has 1 aromatic rings. The molecule has 5 heteroatoms. The van der Waals surface area contributed by atoms with Gasteiger partial charge in [0.2, 0.25) is 0 Å². The number of aliphatic carboxylic acids is 1. The molecule has 1 atom stereocenters. The largest absolute Gasteiger partial charge is 0.491 e. The molecule has 0 saturated heterocycles. The van der Waals surface area contributed by atoms with Crippen LogP contribution in [0.3, 0.4) is 0 Å². The average Bonchev–Trinajstić information content (AvgIpc) is 2.58. The van der Waals surface area contributed by atoms with Gasteiger partial charge in [0.1, 0.15) is 5.75 Å². The van der Waals surface area contributed by atoms with Crippen LogP contribution < -0.4 is 9.64 Å². The molecule has 0 fully saturated rings. The van der Waals surface area contributed by atoms with Crippen LogP contribution in [-0.4, -0.2) is 44.0 Å². The highest BCUT2D eigenvalue weighted by atomic mass is 16.5. The molecule has 0 aliphatic carbocycles. The molecule has 1 aliphatic rings. The van der Waals surface area contributed by atoms with Crippen molar-refractivity contribution in [2.75, 3.05) is 31.8 Å². The van der Waals surface area contributed by atoms with E-state index < -0.39 is 12.0 Å². The van der Waals surface area contributed by atoms with Crippen LogP contribution >= 0.6 is 0 Å². The molecule has 1 unspecified atom stereocenters. The van der Waals surface area contributed by atoms with E-state index in [4.69, 9.17) is 9.47 Å². The van der Waals surface area contributed by atoms with Crippen LogP contribution in [0.15, 0.2) is 24.3 Å². The van der Waals surface area contributed by atoms with Crippen LogP contribution in [-0.2, 0) is 9.53 Å². The Morgan fingerprint density at radius 1 is 1.56 bits per heavy atom. The van der Waals surface area contributed by atoms with Crippen molar-refractivity contribution in [3.63, 3.8) is 0 Å². The first-order valence-corrected chi connectivity index (χ1v) is 5.94. The Kier molecular flexibility index (Phi) is 4.04. The van der Waals surface area contributed by atoms with E-state index in [2.05, 4.69) is 0 Å². The molecule has 0 spiro atoms. The van der Waals surface area contributed by atoms with Crippen molar-refractivity contribution in [1.82, 2.24) is 0 Å². The molecule has 0 bridgehead atoms. The van der Waals surface area contributed by atoms with E-state index in [9.17, 15) is 9.90 Å². The number of rotatable bonds is 4. The van der Waals surface area contributed by atoms with Gasteiger partial charge in [0.05, 0.1) is 18.9 Å². The smallest absolute Gasteiger partial charge is 0.328 e. The van der Waals surface area contributed by atoms with E-state index in [1.807, 2.05) is 29.2 Å². The standard InChI is InChI=1S/C13H17NO4/c1-17-9-11(13(15)16)14-7-4-8-18-12-6-3-2-5-10(12)14/h2-3,5-6,11H,4,7-9H2,1H3,(H,15,16). The normalized spacial score (nSPS) is 16.4. The molecule has 0 saturated carbocycles. The Bertz CT molecular complexity index is 421. The van der Waals surface area contributed by atoms with Crippen LogP contribution in [0.25, 0.3) is 0 Å². The monoisotopic (exact) mass is 251 g/mol. The molecule has 1 heterocycles. The highest BCUT2D eigenvalue weighted by Gasteiger charge is 2.28. The molecule has 1 N–H and O–H groups in total. The second-order valence-corrected chi connectivity index (χ2v) is 4.17. The quantitative estimate of drug-likeness (QED) is 0.876. The van der Waals surface area contributed by atoms with Crippen LogP contribution in [0.5, 0.6) is 5.75 Å². The van der Waals surface area contributed by atoms with Gasteiger partial charge in [-0.25, -0.2) is 4.79 Å². The van der Waals surface area contributed by atoms with Crippen LogP contribution in [0.2, 0.25) is 0 Å². The van der Waals surface area contributed by atoms with Crippen LogP contribution in [0.4, 0.5) is 5.69 Å². The number of ether oxygens (including phenoxy) is 2. The van der Waals surface area contributed by atoms with Crippen molar-refractivity contribution in [1.29, 1.82) is 0 Å². The Hall–Kier alpha value is -1.75. The number of hydrogen-bond donors (Lipinski definition) is 1. The number of methoxy groups -OCH3 is 1. The molecule has 0 amide bonds. The molecule has 98 valence electrons. The fraction of sp³-hybridized carbons (Fsp3) is 0.462. The van der Waals surface area contributed by atoms with E-state index in [1.165, 1.54) is 7.11 Å². The lowest BCUT2D eigenvalue weighted by Crippen LogP contribution is -2.44. The van der Waals surface area contributed by atoms with Crippen LogP contribution in [0.1, 0.15) is 6.42 Å². The van der Waals surface area contributed by atoms with Crippen molar-refractivity contribution in [3.8, 4) is 5.75 Å². The first kappa shape index (κ1) is 12.7. The topological polar surface area (TPSA) is 59.0 Å². The summed E-state index contributed by atoms with van der Waals surface area (Å²) in [7, 11) is 1.51. The summed E-state index contributed by atoms with van der Waals surface area (Å²) in [5.74, 6) is -0.147. The number of hydrogen-bond acceptors (Lipinski definition) is 4. The maximum Gasteiger partial charge on any atom is 0.328 e. The summed E-state index contributed by atoms with van der Waals surface area (Å²) in [6.07, 6.45) is 0.794. The van der Waals surface area contributed by atoms with Crippen molar-refractivity contribution >= 4 is 11.7 Å². The van der Waals surface area contributed by atoms with Gasteiger partial charge in [0.15, 0.2) is 6.04 Å². The summed E-state index contributed by atoms with van der Waals surface area (Å²) in [6, 6.07) is 6.82. The predicted molar refractivity (Wildman–Crippen MR) is 67.2 cm³/mol. The number of para-hydroxylation sites is 2. The number of benzene rings is 1. The number of carboxylic acid groups (broad SMARTS) is 1. The second kappa shape index (κ2) is 5.73. The highest BCUT2D eigenvalue weighted by Crippen LogP contribution is 2.31. The molecule has 1 aromatic carbocycles. The van der Waals surface area contributed by atoms with E-state index in [1.54, 1.807) is 0 Å². The van der Waals surface area contributed by atoms with E-state index in [0.717, 1.165) is 17.9 Å². The Morgan fingerprint density at radius 2 is 2.33 bits per heavy atom. The third kappa shape index (κ3) is 2.56. The summed E-state index contributed by atoms with van der Waals surface area (Å²) in [6.45, 7) is 1.41. The van der Waals surface area contributed by atoms with Crippen molar-refractivity contribution in [3.05, 3.63) is 24.3 Å². The van der Waals surface area contributed by atoms with Gasteiger partial charge < -0.3 is 19.5 Å². The zero-order chi connectivity index (χ0) is 13.0. The zero-order valence-corrected chi connectivity index (χ0v) is 10.3. The maximum atomic E-state index is 11.3. The molecule has 0 radical (unpaired) electrons. The summed E-state index contributed by atoms with van der Waals surface area (Å²) in [4.78, 5) is 13.2. The first-order chi connectivity index (χ1) is 8.74. The third-order valence-electron chi connectivity index (χ3n) is 2.96. The summed E-state index contributed by atoms with van der Waals surface area (Å²) in [5.41, 5.74) is 0.819. The molecule has 0 aromatic heterocycles.